The molecule has 2 aromatic rings. The molecule has 1 aromatic heterocycles. The van der Waals surface area contributed by atoms with E-state index >= 15 is 0 Å². The zero-order valence-electron chi connectivity index (χ0n) is 11.5. The van der Waals surface area contributed by atoms with Gasteiger partial charge in [-0.2, -0.15) is 0 Å². The van der Waals surface area contributed by atoms with Gasteiger partial charge in [0.05, 0.1) is 12.1 Å². The highest BCUT2D eigenvalue weighted by molar-refractivity contribution is 6.08. The molecule has 1 aliphatic heterocycles. The fraction of sp³-hybridized carbons (Fsp3) is 0.250. The first-order chi connectivity index (χ1) is 10.0. The normalized spacial score (nSPS) is 22.3. The van der Waals surface area contributed by atoms with Crippen LogP contribution in [-0.4, -0.2) is 28.0 Å². The van der Waals surface area contributed by atoms with E-state index in [0.717, 1.165) is 5.69 Å². The molecule has 0 radical (unpaired) electrons. The molecule has 0 fully saturated rings. The Balaban J connectivity index is 2.00. The van der Waals surface area contributed by atoms with Crippen LogP contribution in [-0.2, 0) is 0 Å². The number of carbonyl (C=O) groups is 1. The number of Topliss-reactive ketones (excluding diaryl/α,β-unsaturated/α-hetero) is 1. The van der Waals surface area contributed by atoms with Gasteiger partial charge in [0.25, 0.3) is 0 Å². The molecular weight excluding hydrogens is 271 g/mol. The van der Waals surface area contributed by atoms with Crippen LogP contribution in [0.25, 0.3) is 0 Å². The average molecular weight is 286 g/mol. The monoisotopic (exact) mass is 286 g/mol. The number of pyridine rings is 1. The Hall–Kier alpha value is -2.27. The van der Waals surface area contributed by atoms with Crippen molar-refractivity contribution < 1.29 is 14.3 Å². The number of aromatic nitrogens is 1. The minimum absolute atomic E-state index is 0.203. The minimum atomic E-state index is -2.12. The minimum Gasteiger partial charge on any atom is -0.377 e. The molecule has 1 aliphatic rings. The topological polar surface area (TPSA) is 62.2 Å². The van der Waals surface area contributed by atoms with Crippen LogP contribution < -0.4 is 5.32 Å². The molecule has 5 heteroatoms. The first kappa shape index (κ1) is 13.7. The Bertz CT molecular complexity index is 690. The van der Waals surface area contributed by atoms with Gasteiger partial charge in [-0.3, -0.25) is 4.79 Å². The van der Waals surface area contributed by atoms with E-state index in [1.807, 2.05) is 0 Å². The molecule has 0 saturated carbocycles. The van der Waals surface area contributed by atoms with Gasteiger partial charge in [0.15, 0.2) is 11.8 Å². The molecule has 0 bridgehead atoms. The summed E-state index contributed by atoms with van der Waals surface area (Å²) in [5.41, 5.74) is -0.878. The lowest BCUT2D eigenvalue weighted by Crippen LogP contribution is -2.52. The molecule has 2 N–H and O–H groups in total. The number of hydrogen-bond donors (Lipinski definition) is 2. The Morgan fingerprint density at radius 3 is 2.71 bits per heavy atom. The van der Waals surface area contributed by atoms with E-state index in [9.17, 15) is 14.3 Å². The van der Waals surface area contributed by atoms with Gasteiger partial charge in [0.1, 0.15) is 5.82 Å². The standard InChI is InChI=1S/C16H15FN2O2/c1-10-7-8-12-14(20)16(21,9-18-15(12)19-10)13(17)11-5-3-2-4-6-11/h2-8,13,21H,9H2,1H3,(H,18,19). The summed E-state index contributed by atoms with van der Waals surface area (Å²) in [6.07, 6.45) is -1.80. The molecule has 0 aliphatic carbocycles. The number of anilines is 1. The van der Waals surface area contributed by atoms with E-state index in [1.54, 1.807) is 49.4 Å². The van der Waals surface area contributed by atoms with Gasteiger partial charge in [0.2, 0.25) is 5.78 Å². The summed E-state index contributed by atoms with van der Waals surface area (Å²) < 4.78 is 14.7. The fourth-order valence-corrected chi connectivity index (χ4v) is 2.51. The molecular formula is C16H15FN2O2. The third-order valence-corrected chi connectivity index (χ3v) is 3.71. The average Bonchev–Trinajstić information content (AvgIpc) is 2.51. The number of carbonyl (C=O) groups excluding carboxylic acids is 1. The van der Waals surface area contributed by atoms with Gasteiger partial charge >= 0.3 is 0 Å². The highest BCUT2D eigenvalue weighted by Gasteiger charge is 2.49. The highest BCUT2D eigenvalue weighted by Crippen LogP contribution is 2.37. The van der Waals surface area contributed by atoms with E-state index in [1.165, 1.54) is 0 Å². The number of alkyl halides is 1. The molecule has 1 aromatic carbocycles. The van der Waals surface area contributed by atoms with Gasteiger partial charge in [-0.15, -0.1) is 0 Å². The second-order valence-electron chi connectivity index (χ2n) is 5.23. The third-order valence-electron chi connectivity index (χ3n) is 3.71. The number of fused-ring (bicyclic) bond motifs is 1. The molecule has 0 saturated heterocycles. The van der Waals surface area contributed by atoms with Crippen molar-refractivity contribution in [2.24, 2.45) is 0 Å². The largest absolute Gasteiger partial charge is 0.377 e. The number of ketones is 1. The van der Waals surface area contributed by atoms with Crippen LogP contribution in [0, 0.1) is 6.92 Å². The Morgan fingerprint density at radius 2 is 2.00 bits per heavy atom. The number of β-amino-alcohol motifs (C(OH)–C–C–N with tert-alkyl or cyclic N) is 1. The molecule has 2 atom stereocenters. The van der Waals surface area contributed by atoms with Crippen molar-refractivity contribution in [1.82, 2.24) is 4.98 Å². The number of rotatable bonds is 2. The summed E-state index contributed by atoms with van der Waals surface area (Å²) >= 11 is 0. The van der Waals surface area contributed by atoms with Crippen molar-refractivity contribution in [3.63, 3.8) is 0 Å². The molecule has 108 valence electrons. The number of benzene rings is 1. The van der Waals surface area contributed by atoms with E-state index in [-0.39, 0.29) is 17.7 Å². The fourth-order valence-electron chi connectivity index (χ4n) is 2.51. The summed E-state index contributed by atoms with van der Waals surface area (Å²) in [4.78, 5) is 16.7. The predicted molar refractivity (Wildman–Crippen MR) is 77.0 cm³/mol. The van der Waals surface area contributed by atoms with Crippen LogP contribution >= 0.6 is 0 Å². The maximum atomic E-state index is 14.7. The second-order valence-corrected chi connectivity index (χ2v) is 5.23. The maximum Gasteiger partial charge on any atom is 0.203 e. The predicted octanol–water partition coefficient (Wildman–Crippen LogP) is 2.44. The van der Waals surface area contributed by atoms with E-state index in [2.05, 4.69) is 10.3 Å². The van der Waals surface area contributed by atoms with Crippen molar-refractivity contribution in [3.8, 4) is 0 Å². The van der Waals surface area contributed by atoms with Crippen molar-refractivity contribution in [2.45, 2.75) is 18.7 Å². The molecule has 2 unspecified atom stereocenters. The number of hydrogen-bond acceptors (Lipinski definition) is 4. The Labute approximate surface area is 121 Å². The number of aryl methyl sites for hydroxylation is 1. The van der Waals surface area contributed by atoms with Crippen LogP contribution in [0.3, 0.4) is 0 Å². The third kappa shape index (κ3) is 2.19. The van der Waals surface area contributed by atoms with Crippen LogP contribution in [0.2, 0.25) is 0 Å². The summed E-state index contributed by atoms with van der Waals surface area (Å²) in [6.45, 7) is 1.60. The van der Waals surface area contributed by atoms with Crippen molar-refractivity contribution >= 4 is 11.6 Å². The van der Waals surface area contributed by atoms with Crippen LogP contribution in [0.5, 0.6) is 0 Å². The quantitative estimate of drug-likeness (QED) is 0.890. The zero-order valence-corrected chi connectivity index (χ0v) is 11.5. The molecule has 21 heavy (non-hydrogen) atoms. The number of aliphatic hydroxyl groups is 1. The summed E-state index contributed by atoms with van der Waals surface area (Å²) in [5.74, 6) is -0.245. The Morgan fingerprint density at radius 1 is 1.29 bits per heavy atom. The van der Waals surface area contributed by atoms with Crippen LogP contribution in [0.15, 0.2) is 42.5 Å². The smallest absolute Gasteiger partial charge is 0.203 e. The lowest BCUT2D eigenvalue weighted by atomic mass is 9.83. The van der Waals surface area contributed by atoms with Crippen molar-refractivity contribution in [2.75, 3.05) is 11.9 Å². The highest BCUT2D eigenvalue weighted by atomic mass is 19.1. The van der Waals surface area contributed by atoms with Gasteiger partial charge < -0.3 is 10.4 Å². The maximum absolute atomic E-state index is 14.7. The van der Waals surface area contributed by atoms with E-state index < -0.39 is 17.6 Å². The van der Waals surface area contributed by atoms with Gasteiger partial charge in [-0.05, 0) is 24.6 Å². The van der Waals surface area contributed by atoms with Gasteiger partial charge in [-0.25, -0.2) is 9.37 Å². The van der Waals surface area contributed by atoms with Crippen LogP contribution in [0.4, 0.5) is 10.2 Å². The summed E-state index contributed by atoms with van der Waals surface area (Å²) in [5, 5.41) is 13.4. The van der Waals surface area contributed by atoms with Crippen molar-refractivity contribution in [1.29, 1.82) is 0 Å². The first-order valence-corrected chi connectivity index (χ1v) is 6.70. The second kappa shape index (κ2) is 4.93. The zero-order chi connectivity index (χ0) is 15.0. The molecule has 3 rings (SSSR count). The SMILES string of the molecule is Cc1ccc2c(n1)NCC(O)(C(F)c1ccccc1)C2=O. The number of nitrogens with zero attached hydrogens (tertiary/aromatic N) is 1. The summed E-state index contributed by atoms with van der Waals surface area (Å²) in [7, 11) is 0. The molecule has 0 amide bonds. The lowest BCUT2D eigenvalue weighted by molar-refractivity contribution is -0.0106. The van der Waals surface area contributed by atoms with Gasteiger partial charge in [-0.1, -0.05) is 30.3 Å². The van der Waals surface area contributed by atoms with Crippen molar-refractivity contribution in [3.05, 3.63) is 59.3 Å². The summed E-state index contributed by atoms with van der Waals surface area (Å²) in [6, 6.07) is 11.4. The Kier molecular flexibility index (Phi) is 3.22. The van der Waals surface area contributed by atoms with E-state index in [4.69, 9.17) is 0 Å². The molecule has 4 nitrogen and oxygen atoms in total. The number of halogens is 1. The van der Waals surface area contributed by atoms with E-state index in [0.29, 0.717) is 5.82 Å². The molecule has 2 heterocycles. The van der Waals surface area contributed by atoms with Gasteiger partial charge in [0, 0.05) is 5.69 Å². The van der Waals surface area contributed by atoms with Crippen LogP contribution in [0.1, 0.15) is 27.8 Å². The molecule has 0 spiro atoms. The number of nitrogens with one attached hydrogen (secondary N) is 1. The lowest BCUT2D eigenvalue weighted by Gasteiger charge is -2.34. The first-order valence-electron chi connectivity index (χ1n) is 6.70.